The van der Waals surface area contributed by atoms with Crippen molar-refractivity contribution in [3.63, 3.8) is 0 Å². The Balaban J connectivity index is 1.70. The van der Waals surface area contributed by atoms with E-state index in [1.165, 1.54) is 5.56 Å². The first kappa shape index (κ1) is 13.2. The number of fused-ring (bicyclic) bond motifs is 3. The van der Waals surface area contributed by atoms with Gasteiger partial charge in [0.2, 0.25) is 6.79 Å². The Bertz CT molecular complexity index is 644. The molecule has 22 heavy (non-hydrogen) atoms. The molecule has 1 aromatic carbocycles. The van der Waals surface area contributed by atoms with E-state index < -0.39 is 11.7 Å². The van der Waals surface area contributed by atoms with Gasteiger partial charge in [0.25, 0.3) is 0 Å². The van der Waals surface area contributed by atoms with Gasteiger partial charge in [0.05, 0.1) is 11.7 Å². The lowest BCUT2D eigenvalue weighted by Gasteiger charge is -2.52. The smallest absolute Gasteiger partial charge is 0.231 e. The summed E-state index contributed by atoms with van der Waals surface area (Å²) in [6.07, 6.45) is 1.13. The summed E-state index contributed by atoms with van der Waals surface area (Å²) >= 11 is 0. The average molecular weight is 303 g/mol. The second kappa shape index (κ2) is 4.16. The van der Waals surface area contributed by atoms with Crippen molar-refractivity contribution >= 4 is 0 Å². The molecule has 0 spiro atoms. The van der Waals surface area contributed by atoms with Crippen LogP contribution in [0, 0.1) is 5.92 Å². The van der Waals surface area contributed by atoms with E-state index in [0.717, 1.165) is 36.6 Å². The van der Waals surface area contributed by atoms with Crippen molar-refractivity contribution in [2.24, 2.45) is 5.92 Å². The molecule has 0 amide bonds. The first-order valence-corrected chi connectivity index (χ1v) is 8.12. The van der Waals surface area contributed by atoms with Gasteiger partial charge in [-0.05, 0) is 55.5 Å². The van der Waals surface area contributed by atoms with Crippen molar-refractivity contribution in [1.29, 1.82) is 0 Å². The van der Waals surface area contributed by atoms with Crippen LogP contribution in [-0.4, -0.2) is 46.2 Å². The molecule has 118 valence electrons. The highest BCUT2D eigenvalue weighted by molar-refractivity contribution is 5.52. The standard InChI is InChI=1S/C17H21NO4/c1-17(20)14(19)5-9-2-3-18-7-10-4-12-13(22-8-21-12)6-11(10)15(17)16(9)18/h4,6,9,14-16,19-20H,2-3,5,7-8H2,1H3/t9?,14-,15+,16+,17-/m0/s1. The van der Waals surface area contributed by atoms with Crippen LogP contribution in [0.3, 0.4) is 0 Å². The maximum absolute atomic E-state index is 11.0. The third-order valence-corrected chi connectivity index (χ3v) is 6.21. The number of aliphatic hydroxyl groups is 2. The van der Waals surface area contributed by atoms with E-state index in [-0.39, 0.29) is 12.7 Å². The molecule has 1 saturated heterocycles. The third-order valence-electron chi connectivity index (χ3n) is 6.21. The van der Waals surface area contributed by atoms with Gasteiger partial charge in [-0.3, -0.25) is 4.90 Å². The summed E-state index contributed by atoms with van der Waals surface area (Å²) in [5.41, 5.74) is 1.22. The molecule has 5 nitrogen and oxygen atoms in total. The molecule has 1 saturated carbocycles. The van der Waals surface area contributed by atoms with Crippen LogP contribution in [0.2, 0.25) is 0 Å². The van der Waals surface area contributed by atoms with E-state index in [9.17, 15) is 10.2 Å². The van der Waals surface area contributed by atoms with Crippen molar-refractivity contribution in [3.05, 3.63) is 23.3 Å². The molecule has 5 heteroatoms. The Kier molecular flexibility index (Phi) is 2.49. The normalized spacial score (nSPS) is 42.1. The molecule has 3 aliphatic heterocycles. The highest BCUT2D eigenvalue weighted by Gasteiger charge is 2.57. The van der Waals surface area contributed by atoms with Crippen LogP contribution in [0.15, 0.2) is 12.1 Å². The highest BCUT2D eigenvalue weighted by atomic mass is 16.7. The van der Waals surface area contributed by atoms with Crippen LogP contribution in [0.4, 0.5) is 0 Å². The molecule has 0 radical (unpaired) electrons. The monoisotopic (exact) mass is 303 g/mol. The Hall–Kier alpha value is -1.30. The number of aliphatic hydroxyl groups excluding tert-OH is 1. The first-order chi connectivity index (χ1) is 10.6. The number of hydrogen-bond acceptors (Lipinski definition) is 5. The fourth-order valence-corrected chi connectivity index (χ4v) is 5.10. The largest absolute Gasteiger partial charge is 0.454 e. The Morgan fingerprint density at radius 3 is 2.86 bits per heavy atom. The van der Waals surface area contributed by atoms with Crippen molar-refractivity contribution in [2.75, 3.05) is 13.3 Å². The Morgan fingerprint density at radius 1 is 1.27 bits per heavy atom. The van der Waals surface area contributed by atoms with Crippen molar-refractivity contribution in [1.82, 2.24) is 4.90 Å². The minimum Gasteiger partial charge on any atom is -0.454 e. The lowest BCUT2D eigenvalue weighted by atomic mass is 9.62. The van der Waals surface area contributed by atoms with Gasteiger partial charge in [-0.1, -0.05) is 0 Å². The minimum absolute atomic E-state index is 0.0676. The molecule has 0 aromatic heterocycles. The van der Waals surface area contributed by atoms with Crippen molar-refractivity contribution in [3.8, 4) is 11.5 Å². The molecule has 1 unspecified atom stereocenters. The maximum Gasteiger partial charge on any atom is 0.231 e. The Morgan fingerprint density at radius 2 is 2.05 bits per heavy atom. The van der Waals surface area contributed by atoms with Gasteiger partial charge < -0.3 is 19.7 Å². The van der Waals surface area contributed by atoms with E-state index in [1.54, 1.807) is 6.92 Å². The summed E-state index contributed by atoms with van der Waals surface area (Å²) in [5.74, 6) is 1.96. The minimum atomic E-state index is -1.10. The van der Waals surface area contributed by atoms with Crippen LogP contribution >= 0.6 is 0 Å². The number of benzene rings is 1. The van der Waals surface area contributed by atoms with Gasteiger partial charge in [0, 0.05) is 18.5 Å². The highest BCUT2D eigenvalue weighted by Crippen LogP contribution is 2.54. The Labute approximate surface area is 129 Å². The summed E-state index contributed by atoms with van der Waals surface area (Å²) in [5, 5.41) is 21.5. The number of ether oxygens (including phenoxy) is 2. The van der Waals surface area contributed by atoms with Crippen LogP contribution < -0.4 is 9.47 Å². The molecule has 2 fully saturated rings. The zero-order valence-electron chi connectivity index (χ0n) is 12.7. The molecule has 1 aromatic rings. The van der Waals surface area contributed by atoms with Gasteiger partial charge in [-0.2, -0.15) is 0 Å². The summed E-state index contributed by atoms with van der Waals surface area (Å²) in [4.78, 5) is 2.47. The molecule has 3 heterocycles. The van der Waals surface area contributed by atoms with E-state index in [0.29, 0.717) is 18.4 Å². The van der Waals surface area contributed by atoms with Gasteiger partial charge in [-0.25, -0.2) is 0 Å². The fraction of sp³-hybridized carbons (Fsp3) is 0.647. The fourth-order valence-electron chi connectivity index (χ4n) is 5.10. The quantitative estimate of drug-likeness (QED) is 0.754. The molecule has 4 aliphatic rings. The zero-order valence-corrected chi connectivity index (χ0v) is 12.7. The third kappa shape index (κ3) is 1.54. The number of rotatable bonds is 0. The summed E-state index contributed by atoms with van der Waals surface area (Å²) < 4.78 is 11.0. The lowest BCUT2D eigenvalue weighted by molar-refractivity contribution is -0.134. The summed E-state index contributed by atoms with van der Waals surface area (Å²) in [6.45, 7) is 3.99. The number of hydrogen-bond donors (Lipinski definition) is 2. The van der Waals surface area contributed by atoms with Crippen LogP contribution in [0.1, 0.15) is 36.8 Å². The predicted molar refractivity (Wildman–Crippen MR) is 78.9 cm³/mol. The molecule has 1 aliphatic carbocycles. The van der Waals surface area contributed by atoms with E-state index in [4.69, 9.17) is 9.47 Å². The lowest BCUT2D eigenvalue weighted by Crippen LogP contribution is -2.60. The SMILES string of the molecule is C[C@@]1(O)[C@@H]2c3cc4c(cc3CN3CCC(C[C@@H]1O)[C@H]23)OCO4. The van der Waals surface area contributed by atoms with Crippen LogP contribution in [-0.2, 0) is 6.54 Å². The van der Waals surface area contributed by atoms with Crippen molar-refractivity contribution in [2.45, 2.75) is 50.0 Å². The maximum atomic E-state index is 11.0. The zero-order chi connectivity index (χ0) is 15.1. The first-order valence-electron chi connectivity index (χ1n) is 8.12. The molecule has 2 N–H and O–H groups in total. The second-order valence-corrected chi connectivity index (χ2v) is 7.37. The second-order valence-electron chi connectivity index (χ2n) is 7.37. The number of nitrogens with zero attached hydrogens (tertiary/aromatic N) is 1. The summed E-state index contributed by atoms with van der Waals surface area (Å²) in [6, 6.07) is 4.41. The van der Waals surface area contributed by atoms with E-state index in [1.807, 2.05) is 6.07 Å². The summed E-state index contributed by atoms with van der Waals surface area (Å²) in [7, 11) is 0. The molecule has 5 atom stereocenters. The van der Waals surface area contributed by atoms with Gasteiger partial charge in [-0.15, -0.1) is 0 Å². The van der Waals surface area contributed by atoms with E-state index in [2.05, 4.69) is 11.0 Å². The van der Waals surface area contributed by atoms with Crippen LogP contribution in [0.5, 0.6) is 11.5 Å². The molecule has 0 bridgehead atoms. The molecular formula is C17H21NO4. The molecule has 5 rings (SSSR count). The van der Waals surface area contributed by atoms with E-state index >= 15 is 0 Å². The van der Waals surface area contributed by atoms with Gasteiger partial charge in [0.15, 0.2) is 11.5 Å². The van der Waals surface area contributed by atoms with Crippen molar-refractivity contribution < 1.29 is 19.7 Å². The van der Waals surface area contributed by atoms with Crippen LogP contribution in [0.25, 0.3) is 0 Å². The predicted octanol–water partition coefficient (Wildman–Crippen LogP) is 1.22. The average Bonchev–Trinajstić information content (AvgIpc) is 3.08. The van der Waals surface area contributed by atoms with Gasteiger partial charge >= 0.3 is 0 Å². The molecular weight excluding hydrogens is 282 g/mol. The topological polar surface area (TPSA) is 62.2 Å². The van der Waals surface area contributed by atoms with Gasteiger partial charge in [0.1, 0.15) is 0 Å².